The molecule has 1 amide bonds. The second-order valence-corrected chi connectivity index (χ2v) is 4.87. The van der Waals surface area contributed by atoms with Gasteiger partial charge in [-0.15, -0.1) is 0 Å². The van der Waals surface area contributed by atoms with Gasteiger partial charge in [0.15, 0.2) is 0 Å². The number of carbonyl (C=O) groups excluding carboxylic acids is 1. The highest BCUT2D eigenvalue weighted by molar-refractivity contribution is 5.77. The summed E-state index contributed by atoms with van der Waals surface area (Å²) in [5.74, 6) is 0.0437. The average molecular weight is 201 g/mol. The molecule has 0 saturated heterocycles. The van der Waals surface area contributed by atoms with E-state index in [4.69, 9.17) is 5.73 Å². The van der Waals surface area contributed by atoms with Crippen molar-refractivity contribution in [2.24, 2.45) is 11.1 Å². The van der Waals surface area contributed by atoms with E-state index in [9.17, 15) is 4.79 Å². The van der Waals surface area contributed by atoms with Crippen molar-refractivity contribution in [1.82, 2.24) is 10.2 Å². The molecule has 0 rings (SSSR count). The first-order chi connectivity index (χ1) is 6.35. The third kappa shape index (κ3) is 8.01. The Labute approximate surface area is 86.8 Å². The molecule has 4 heteroatoms. The second-order valence-electron chi connectivity index (χ2n) is 4.87. The zero-order valence-corrected chi connectivity index (χ0v) is 9.76. The number of likely N-dealkylation sites (N-methyl/N-ethyl adjacent to an activating group) is 1. The standard InChI is InChI=1S/C10H23N3O/c1-10(2,3)8-13(4)7-9(14)12-6-5-11/h5-8,11H2,1-4H3,(H,12,14). The van der Waals surface area contributed by atoms with Crippen molar-refractivity contribution in [3.05, 3.63) is 0 Å². The van der Waals surface area contributed by atoms with Crippen LogP contribution in [0.1, 0.15) is 20.8 Å². The van der Waals surface area contributed by atoms with Crippen molar-refractivity contribution in [3.63, 3.8) is 0 Å². The molecule has 0 spiro atoms. The molecule has 0 radical (unpaired) electrons. The summed E-state index contributed by atoms with van der Waals surface area (Å²) in [5.41, 5.74) is 5.51. The third-order valence-corrected chi connectivity index (χ3v) is 1.62. The van der Waals surface area contributed by atoms with Gasteiger partial charge in [-0.2, -0.15) is 0 Å². The monoisotopic (exact) mass is 201 g/mol. The molecule has 0 aliphatic carbocycles. The molecular weight excluding hydrogens is 178 g/mol. The van der Waals surface area contributed by atoms with E-state index < -0.39 is 0 Å². The van der Waals surface area contributed by atoms with Crippen molar-refractivity contribution in [2.45, 2.75) is 20.8 Å². The van der Waals surface area contributed by atoms with E-state index in [0.717, 1.165) is 6.54 Å². The number of nitrogens with zero attached hydrogens (tertiary/aromatic N) is 1. The van der Waals surface area contributed by atoms with Crippen molar-refractivity contribution in [3.8, 4) is 0 Å². The van der Waals surface area contributed by atoms with Gasteiger partial charge in [0.1, 0.15) is 0 Å². The predicted octanol–water partition coefficient (Wildman–Crippen LogP) is 0.0392. The van der Waals surface area contributed by atoms with Crippen LogP contribution in [-0.4, -0.2) is 44.0 Å². The van der Waals surface area contributed by atoms with E-state index in [2.05, 4.69) is 26.1 Å². The maximum atomic E-state index is 11.3. The summed E-state index contributed by atoms with van der Waals surface area (Å²) in [6, 6.07) is 0. The molecule has 14 heavy (non-hydrogen) atoms. The summed E-state index contributed by atoms with van der Waals surface area (Å²) < 4.78 is 0. The fourth-order valence-electron chi connectivity index (χ4n) is 1.38. The number of hydrogen-bond acceptors (Lipinski definition) is 3. The summed E-state index contributed by atoms with van der Waals surface area (Å²) in [6.07, 6.45) is 0. The van der Waals surface area contributed by atoms with Crippen molar-refractivity contribution >= 4 is 5.91 Å². The first-order valence-corrected chi connectivity index (χ1v) is 5.00. The summed E-state index contributed by atoms with van der Waals surface area (Å²) in [5, 5.41) is 2.74. The molecule has 84 valence electrons. The van der Waals surface area contributed by atoms with Crippen LogP contribution in [0, 0.1) is 5.41 Å². The summed E-state index contributed by atoms with van der Waals surface area (Å²) >= 11 is 0. The van der Waals surface area contributed by atoms with Crippen LogP contribution < -0.4 is 11.1 Å². The van der Waals surface area contributed by atoms with Crippen molar-refractivity contribution in [1.29, 1.82) is 0 Å². The molecule has 0 atom stereocenters. The molecule has 0 heterocycles. The molecule has 0 aliphatic heterocycles. The highest BCUT2D eigenvalue weighted by Gasteiger charge is 2.15. The molecule has 3 N–H and O–H groups in total. The first-order valence-electron chi connectivity index (χ1n) is 5.00. The molecule has 0 bridgehead atoms. The Balaban J connectivity index is 3.71. The average Bonchev–Trinajstić information content (AvgIpc) is 1.96. The molecule has 0 aliphatic rings. The molecule has 0 aromatic rings. The van der Waals surface area contributed by atoms with Gasteiger partial charge in [-0.25, -0.2) is 0 Å². The SMILES string of the molecule is CN(CC(=O)NCCN)CC(C)(C)C. The lowest BCUT2D eigenvalue weighted by Crippen LogP contribution is -2.40. The minimum atomic E-state index is 0.0437. The lowest BCUT2D eigenvalue weighted by molar-refractivity contribution is -0.122. The van der Waals surface area contributed by atoms with Crippen molar-refractivity contribution in [2.75, 3.05) is 33.2 Å². The normalized spacial score (nSPS) is 11.9. The van der Waals surface area contributed by atoms with Crippen LogP contribution in [0.25, 0.3) is 0 Å². The Bertz CT molecular complexity index is 175. The van der Waals surface area contributed by atoms with Crippen LogP contribution in [0.4, 0.5) is 0 Å². The van der Waals surface area contributed by atoms with E-state index in [1.165, 1.54) is 0 Å². The van der Waals surface area contributed by atoms with Gasteiger partial charge in [-0.1, -0.05) is 20.8 Å². The highest BCUT2D eigenvalue weighted by Crippen LogP contribution is 2.13. The Kier molecular flexibility index (Phi) is 5.72. The molecule has 0 aromatic carbocycles. The maximum absolute atomic E-state index is 11.3. The van der Waals surface area contributed by atoms with Crippen molar-refractivity contribution < 1.29 is 4.79 Å². The molecule has 0 aromatic heterocycles. The van der Waals surface area contributed by atoms with Crippen LogP contribution in [-0.2, 0) is 4.79 Å². The number of rotatable bonds is 5. The molecule has 0 unspecified atom stereocenters. The Morgan fingerprint density at radius 1 is 1.43 bits per heavy atom. The molecule has 0 saturated carbocycles. The second kappa shape index (κ2) is 5.98. The van der Waals surface area contributed by atoms with Crippen LogP contribution >= 0.6 is 0 Å². The quantitative estimate of drug-likeness (QED) is 0.660. The van der Waals surface area contributed by atoms with Gasteiger partial charge in [0, 0.05) is 19.6 Å². The lowest BCUT2D eigenvalue weighted by Gasteiger charge is -2.25. The van der Waals surface area contributed by atoms with E-state index >= 15 is 0 Å². The van der Waals surface area contributed by atoms with Gasteiger partial charge in [0.2, 0.25) is 5.91 Å². The first kappa shape index (κ1) is 13.4. The zero-order chi connectivity index (χ0) is 11.2. The fraction of sp³-hybridized carbons (Fsp3) is 0.900. The fourth-order valence-corrected chi connectivity index (χ4v) is 1.38. The van der Waals surface area contributed by atoms with Gasteiger partial charge in [-0.3, -0.25) is 9.69 Å². The number of hydrogen-bond donors (Lipinski definition) is 2. The molecule has 4 nitrogen and oxygen atoms in total. The van der Waals surface area contributed by atoms with Gasteiger partial charge < -0.3 is 11.1 Å². The minimum absolute atomic E-state index is 0.0437. The van der Waals surface area contributed by atoms with Crippen LogP contribution in [0.3, 0.4) is 0 Å². The van der Waals surface area contributed by atoms with E-state index in [-0.39, 0.29) is 11.3 Å². The van der Waals surface area contributed by atoms with E-state index in [0.29, 0.717) is 19.6 Å². The summed E-state index contributed by atoms with van der Waals surface area (Å²) in [7, 11) is 1.95. The van der Waals surface area contributed by atoms with Gasteiger partial charge in [0.25, 0.3) is 0 Å². The number of nitrogens with two attached hydrogens (primary N) is 1. The van der Waals surface area contributed by atoms with Gasteiger partial charge in [-0.05, 0) is 12.5 Å². The maximum Gasteiger partial charge on any atom is 0.234 e. The Hall–Kier alpha value is -0.610. The van der Waals surface area contributed by atoms with Gasteiger partial charge >= 0.3 is 0 Å². The minimum Gasteiger partial charge on any atom is -0.354 e. The summed E-state index contributed by atoms with van der Waals surface area (Å²) in [4.78, 5) is 13.3. The highest BCUT2D eigenvalue weighted by atomic mass is 16.2. The predicted molar refractivity (Wildman–Crippen MR) is 59.0 cm³/mol. The van der Waals surface area contributed by atoms with E-state index in [1.54, 1.807) is 0 Å². The van der Waals surface area contributed by atoms with Gasteiger partial charge in [0.05, 0.1) is 6.54 Å². The third-order valence-electron chi connectivity index (χ3n) is 1.62. The number of amides is 1. The summed E-state index contributed by atoms with van der Waals surface area (Å²) in [6.45, 7) is 8.86. The van der Waals surface area contributed by atoms with Crippen LogP contribution in [0.2, 0.25) is 0 Å². The number of nitrogens with one attached hydrogen (secondary N) is 1. The topological polar surface area (TPSA) is 58.4 Å². The Morgan fingerprint density at radius 3 is 2.43 bits per heavy atom. The van der Waals surface area contributed by atoms with Crippen LogP contribution in [0.5, 0.6) is 0 Å². The lowest BCUT2D eigenvalue weighted by atomic mass is 9.96. The number of carbonyl (C=O) groups is 1. The molecular formula is C10H23N3O. The van der Waals surface area contributed by atoms with Crippen LogP contribution in [0.15, 0.2) is 0 Å². The molecule has 0 fully saturated rings. The largest absolute Gasteiger partial charge is 0.354 e. The smallest absolute Gasteiger partial charge is 0.234 e. The van der Waals surface area contributed by atoms with E-state index in [1.807, 2.05) is 11.9 Å². The zero-order valence-electron chi connectivity index (χ0n) is 9.76. The Morgan fingerprint density at radius 2 is 2.00 bits per heavy atom.